The number of hydrogen-bond donors (Lipinski definition) is 2. The molecular weight excluding hydrogens is 443 g/mol. The standard InChI is InChI=1S/C19H17Cl2F2N3O2S/c1-10-17(9-24-29(2,27)28)26-19(25-10)18(11-3-5-15(22)13(20)7-11)12-4-6-16(23)14(21)8-12/h3-8,18,24H,9H2,1-2H3,(H,25,26). The molecule has 0 radical (unpaired) electrons. The molecule has 0 aliphatic carbocycles. The number of sulfonamides is 1. The second-order valence-corrected chi connectivity index (χ2v) is 9.21. The number of hydrogen-bond acceptors (Lipinski definition) is 3. The molecule has 5 nitrogen and oxygen atoms in total. The summed E-state index contributed by atoms with van der Waals surface area (Å²) >= 11 is 11.9. The molecule has 0 aliphatic heterocycles. The van der Waals surface area contributed by atoms with Crippen LogP contribution in [0.3, 0.4) is 0 Å². The minimum absolute atomic E-state index is 0.0265. The molecule has 0 amide bonds. The molecule has 3 rings (SSSR count). The Morgan fingerprint density at radius 3 is 2.03 bits per heavy atom. The van der Waals surface area contributed by atoms with Gasteiger partial charge >= 0.3 is 0 Å². The predicted octanol–water partition coefficient (Wildman–Crippen LogP) is 4.53. The summed E-state index contributed by atoms with van der Waals surface area (Å²) in [5, 5.41) is -0.133. The number of halogens is 4. The van der Waals surface area contributed by atoms with Crippen LogP contribution in [-0.2, 0) is 16.6 Å². The third kappa shape index (κ3) is 5.14. The lowest BCUT2D eigenvalue weighted by Crippen LogP contribution is -2.21. The zero-order chi connectivity index (χ0) is 21.3. The van der Waals surface area contributed by atoms with Crippen molar-refractivity contribution in [2.45, 2.75) is 19.4 Å². The van der Waals surface area contributed by atoms with Crippen molar-refractivity contribution in [3.8, 4) is 0 Å². The molecule has 0 atom stereocenters. The predicted molar refractivity (Wildman–Crippen MR) is 109 cm³/mol. The topological polar surface area (TPSA) is 74.8 Å². The second-order valence-electron chi connectivity index (χ2n) is 6.56. The molecule has 1 aromatic heterocycles. The molecule has 1 heterocycles. The van der Waals surface area contributed by atoms with E-state index in [-0.39, 0.29) is 16.6 Å². The van der Waals surface area contributed by atoms with Gasteiger partial charge in [0.25, 0.3) is 0 Å². The van der Waals surface area contributed by atoms with Gasteiger partial charge in [-0.25, -0.2) is 26.9 Å². The zero-order valence-electron chi connectivity index (χ0n) is 15.4. The maximum absolute atomic E-state index is 13.7. The second kappa shape index (κ2) is 8.39. The van der Waals surface area contributed by atoms with E-state index < -0.39 is 27.6 Å². The number of nitrogens with one attached hydrogen (secondary N) is 2. The molecule has 2 N–H and O–H groups in total. The molecule has 0 saturated heterocycles. The van der Waals surface area contributed by atoms with Crippen LogP contribution in [0.5, 0.6) is 0 Å². The Kier molecular flexibility index (Phi) is 6.28. The van der Waals surface area contributed by atoms with Crippen LogP contribution in [-0.4, -0.2) is 24.6 Å². The van der Waals surface area contributed by atoms with Crippen LogP contribution in [0.25, 0.3) is 0 Å². The quantitative estimate of drug-likeness (QED) is 0.568. The Balaban J connectivity index is 2.10. The molecule has 29 heavy (non-hydrogen) atoms. The van der Waals surface area contributed by atoms with E-state index in [4.69, 9.17) is 23.2 Å². The van der Waals surface area contributed by atoms with Crippen LogP contribution in [0.2, 0.25) is 10.0 Å². The van der Waals surface area contributed by atoms with E-state index >= 15 is 0 Å². The van der Waals surface area contributed by atoms with E-state index in [1.807, 2.05) is 0 Å². The fourth-order valence-corrected chi connectivity index (χ4v) is 3.71. The summed E-state index contributed by atoms with van der Waals surface area (Å²) in [6.07, 6.45) is 1.06. The van der Waals surface area contributed by atoms with E-state index in [9.17, 15) is 17.2 Å². The van der Waals surface area contributed by atoms with Crippen molar-refractivity contribution in [2.24, 2.45) is 0 Å². The van der Waals surface area contributed by atoms with Gasteiger partial charge in [0, 0.05) is 0 Å². The molecule has 0 saturated carbocycles. The summed E-state index contributed by atoms with van der Waals surface area (Å²) in [5.41, 5.74) is 2.37. The van der Waals surface area contributed by atoms with Gasteiger partial charge in [0.05, 0.1) is 40.2 Å². The third-order valence-electron chi connectivity index (χ3n) is 4.34. The molecular formula is C19H17Cl2F2N3O2S. The molecule has 2 aromatic carbocycles. The minimum Gasteiger partial charge on any atom is -0.344 e. The number of nitrogens with zero attached hydrogens (tertiary/aromatic N) is 1. The van der Waals surface area contributed by atoms with Gasteiger partial charge in [-0.15, -0.1) is 0 Å². The molecule has 10 heteroatoms. The van der Waals surface area contributed by atoms with Gasteiger partial charge in [0.15, 0.2) is 0 Å². The molecule has 0 unspecified atom stereocenters. The number of aromatic nitrogens is 2. The van der Waals surface area contributed by atoms with Crippen LogP contribution in [0.1, 0.15) is 34.3 Å². The zero-order valence-corrected chi connectivity index (χ0v) is 17.8. The van der Waals surface area contributed by atoms with Crippen molar-refractivity contribution in [3.63, 3.8) is 0 Å². The number of benzene rings is 2. The van der Waals surface area contributed by atoms with Crippen molar-refractivity contribution in [1.29, 1.82) is 0 Å². The summed E-state index contributed by atoms with van der Waals surface area (Å²) in [7, 11) is -3.39. The minimum atomic E-state index is -3.39. The van der Waals surface area contributed by atoms with Gasteiger partial charge in [-0.2, -0.15) is 0 Å². The summed E-state index contributed by atoms with van der Waals surface area (Å²) in [6.45, 7) is 1.75. The smallest absolute Gasteiger partial charge is 0.209 e. The Morgan fingerprint density at radius 1 is 1.07 bits per heavy atom. The first-order chi connectivity index (χ1) is 13.5. The highest BCUT2D eigenvalue weighted by Crippen LogP contribution is 2.34. The van der Waals surface area contributed by atoms with Crippen LogP contribution in [0.4, 0.5) is 8.78 Å². The van der Waals surface area contributed by atoms with E-state index in [1.54, 1.807) is 19.1 Å². The summed E-state index contributed by atoms with van der Waals surface area (Å²) in [6, 6.07) is 8.50. The maximum atomic E-state index is 13.7. The lowest BCUT2D eigenvalue weighted by molar-refractivity contribution is 0.586. The van der Waals surface area contributed by atoms with Crippen molar-refractivity contribution < 1.29 is 17.2 Å². The highest BCUT2D eigenvalue weighted by Gasteiger charge is 2.23. The molecule has 0 spiro atoms. The van der Waals surface area contributed by atoms with Gasteiger partial charge in [0.1, 0.15) is 17.5 Å². The molecule has 0 bridgehead atoms. The lowest BCUT2D eigenvalue weighted by Gasteiger charge is -2.17. The van der Waals surface area contributed by atoms with Crippen molar-refractivity contribution in [1.82, 2.24) is 14.7 Å². The van der Waals surface area contributed by atoms with E-state index in [1.165, 1.54) is 24.3 Å². The number of imidazole rings is 1. The van der Waals surface area contributed by atoms with Crippen LogP contribution in [0, 0.1) is 18.6 Å². The average Bonchev–Trinajstić information content (AvgIpc) is 2.99. The first kappa shape index (κ1) is 21.7. The third-order valence-corrected chi connectivity index (χ3v) is 5.59. The number of rotatable bonds is 6. The fraction of sp³-hybridized carbons (Fsp3) is 0.211. The first-order valence-electron chi connectivity index (χ1n) is 8.45. The van der Waals surface area contributed by atoms with Gasteiger partial charge in [-0.1, -0.05) is 35.3 Å². The Hall–Kier alpha value is -2.00. The molecule has 0 fully saturated rings. The van der Waals surface area contributed by atoms with E-state index in [0.717, 1.165) is 6.26 Å². The largest absolute Gasteiger partial charge is 0.344 e. The average molecular weight is 460 g/mol. The van der Waals surface area contributed by atoms with Gasteiger partial charge in [0.2, 0.25) is 10.0 Å². The van der Waals surface area contributed by atoms with Gasteiger partial charge < -0.3 is 4.98 Å². The summed E-state index contributed by atoms with van der Waals surface area (Å²) in [5.74, 6) is -1.24. The Bertz CT molecular complexity index is 1110. The SMILES string of the molecule is Cc1nc(C(c2ccc(F)c(Cl)c2)c2ccc(F)c(Cl)c2)[nH]c1CNS(C)(=O)=O. The molecule has 154 valence electrons. The van der Waals surface area contributed by atoms with Crippen LogP contribution in [0.15, 0.2) is 36.4 Å². The monoisotopic (exact) mass is 459 g/mol. The van der Waals surface area contributed by atoms with Gasteiger partial charge in [-0.05, 0) is 42.3 Å². The van der Waals surface area contributed by atoms with E-state index in [2.05, 4.69) is 14.7 Å². The number of aromatic amines is 1. The first-order valence-corrected chi connectivity index (χ1v) is 11.1. The lowest BCUT2D eigenvalue weighted by atomic mass is 9.90. The molecule has 0 aliphatic rings. The van der Waals surface area contributed by atoms with Crippen molar-refractivity contribution in [3.05, 3.63) is 86.4 Å². The highest BCUT2D eigenvalue weighted by molar-refractivity contribution is 7.88. The van der Waals surface area contributed by atoms with Crippen molar-refractivity contribution >= 4 is 33.2 Å². The number of H-pyrrole nitrogens is 1. The van der Waals surface area contributed by atoms with Crippen LogP contribution >= 0.6 is 23.2 Å². The number of aryl methyl sites for hydroxylation is 1. The summed E-state index contributed by atoms with van der Waals surface area (Å²) < 4.78 is 52.5. The van der Waals surface area contributed by atoms with Crippen molar-refractivity contribution in [2.75, 3.05) is 6.26 Å². The normalized spacial score (nSPS) is 12.0. The van der Waals surface area contributed by atoms with Gasteiger partial charge in [-0.3, -0.25) is 0 Å². The summed E-state index contributed by atoms with van der Waals surface area (Å²) in [4.78, 5) is 7.61. The Morgan fingerprint density at radius 2 is 1.59 bits per heavy atom. The van der Waals surface area contributed by atoms with E-state index in [0.29, 0.717) is 28.3 Å². The molecule has 3 aromatic rings. The fourth-order valence-electron chi connectivity index (χ4n) is 2.93. The maximum Gasteiger partial charge on any atom is 0.209 e. The van der Waals surface area contributed by atoms with Crippen LogP contribution < -0.4 is 4.72 Å². The highest BCUT2D eigenvalue weighted by atomic mass is 35.5. The Labute approximate surface area is 177 Å².